The van der Waals surface area contributed by atoms with Gasteiger partial charge < -0.3 is 10.2 Å². The van der Waals surface area contributed by atoms with Crippen LogP contribution < -0.4 is 5.32 Å². The second-order valence-electron chi connectivity index (χ2n) is 5.57. The van der Waals surface area contributed by atoms with Crippen molar-refractivity contribution in [3.63, 3.8) is 0 Å². The number of amides is 1. The fraction of sp³-hybridized carbons (Fsp3) is 0.533. The predicted octanol–water partition coefficient (Wildman–Crippen LogP) is 2.04. The molecule has 102 valence electrons. The lowest BCUT2D eigenvalue weighted by molar-refractivity contribution is 0.0943. The minimum Gasteiger partial charge on any atom is -0.352 e. The van der Waals surface area contributed by atoms with Gasteiger partial charge in [-0.25, -0.2) is 4.39 Å². The van der Waals surface area contributed by atoms with E-state index >= 15 is 0 Å². The average Bonchev–Trinajstić information content (AvgIpc) is 3.16. The monoisotopic (exact) mass is 262 g/mol. The SMILES string of the molecule is O=C(NCC1CCN(C2CC2)C1)c1ccccc1F. The van der Waals surface area contributed by atoms with Crippen LogP contribution in [0, 0.1) is 11.7 Å². The minimum absolute atomic E-state index is 0.138. The van der Waals surface area contributed by atoms with Gasteiger partial charge in [0.15, 0.2) is 0 Å². The summed E-state index contributed by atoms with van der Waals surface area (Å²) < 4.78 is 13.4. The molecule has 2 aliphatic rings. The number of nitrogens with one attached hydrogen (secondary N) is 1. The zero-order valence-electron chi connectivity index (χ0n) is 10.9. The van der Waals surface area contributed by atoms with Gasteiger partial charge in [-0.05, 0) is 43.9 Å². The van der Waals surface area contributed by atoms with E-state index in [2.05, 4.69) is 10.2 Å². The molecule has 3 rings (SSSR count). The first-order chi connectivity index (χ1) is 9.24. The third-order valence-corrected chi connectivity index (χ3v) is 4.05. The smallest absolute Gasteiger partial charge is 0.254 e. The fourth-order valence-electron chi connectivity index (χ4n) is 2.78. The first-order valence-corrected chi connectivity index (χ1v) is 7.01. The molecule has 1 saturated heterocycles. The van der Waals surface area contributed by atoms with Crippen LogP contribution in [0.4, 0.5) is 4.39 Å². The molecule has 2 fully saturated rings. The van der Waals surface area contributed by atoms with Crippen molar-refractivity contribution >= 4 is 5.91 Å². The van der Waals surface area contributed by atoms with E-state index < -0.39 is 5.82 Å². The van der Waals surface area contributed by atoms with Crippen molar-refractivity contribution < 1.29 is 9.18 Å². The van der Waals surface area contributed by atoms with Gasteiger partial charge in [0.2, 0.25) is 0 Å². The van der Waals surface area contributed by atoms with E-state index in [1.54, 1.807) is 12.1 Å². The third kappa shape index (κ3) is 2.95. The summed E-state index contributed by atoms with van der Waals surface area (Å²) >= 11 is 0. The highest BCUT2D eigenvalue weighted by atomic mass is 19.1. The number of nitrogens with zero attached hydrogens (tertiary/aromatic N) is 1. The molecule has 1 unspecified atom stereocenters. The normalized spacial score (nSPS) is 23.5. The highest BCUT2D eigenvalue weighted by Gasteiger charge is 2.34. The first-order valence-electron chi connectivity index (χ1n) is 7.01. The Morgan fingerprint density at radius 3 is 2.84 bits per heavy atom. The van der Waals surface area contributed by atoms with Crippen molar-refractivity contribution in [1.29, 1.82) is 0 Å². The van der Waals surface area contributed by atoms with Crippen molar-refractivity contribution in [2.75, 3.05) is 19.6 Å². The molecule has 19 heavy (non-hydrogen) atoms. The van der Waals surface area contributed by atoms with Gasteiger partial charge in [0.1, 0.15) is 5.82 Å². The molecule has 3 nitrogen and oxygen atoms in total. The summed E-state index contributed by atoms with van der Waals surface area (Å²) in [6.45, 7) is 2.86. The summed E-state index contributed by atoms with van der Waals surface area (Å²) in [6, 6.07) is 6.92. The van der Waals surface area contributed by atoms with E-state index in [-0.39, 0.29) is 11.5 Å². The van der Waals surface area contributed by atoms with Gasteiger partial charge in [0.05, 0.1) is 5.56 Å². The van der Waals surface area contributed by atoms with Crippen LogP contribution in [0.5, 0.6) is 0 Å². The van der Waals surface area contributed by atoms with Crippen molar-refractivity contribution in [3.8, 4) is 0 Å². The topological polar surface area (TPSA) is 32.3 Å². The second kappa shape index (κ2) is 5.29. The van der Waals surface area contributed by atoms with Gasteiger partial charge in [-0.1, -0.05) is 12.1 Å². The maximum atomic E-state index is 13.4. The lowest BCUT2D eigenvalue weighted by atomic mass is 10.1. The maximum absolute atomic E-state index is 13.4. The molecule has 1 heterocycles. The molecule has 1 aromatic rings. The Bertz CT molecular complexity index is 473. The Hall–Kier alpha value is -1.42. The Morgan fingerprint density at radius 2 is 2.11 bits per heavy atom. The highest BCUT2D eigenvalue weighted by molar-refractivity contribution is 5.94. The summed E-state index contributed by atoms with van der Waals surface area (Å²) in [5.74, 6) is -0.245. The maximum Gasteiger partial charge on any atom is 0.254 e. The van der Waals surface area contributed by atoms with E-state index in [1.165, 1.54) is 25.0 Å². The van der Waals surface area contributed by atoms with E-state index in [4.69, 9.17) is 0 Å². The van der Waals surface area contributed by atoms with E-state index in [0.29, 0.717) is 12.5 Å². The average molecular weight is 262 g/mol. The van der Waals surface area contributed by atoms with Crippen molar-refractivity contribution in [1.82, 2.24) is 10.2 Å². The van der Waals surface area contributed by atoms with Crippen molar-refractivity contribution in [3.05, 3.63) is 35.6 Å². The predicted molar refractivity (Wildman–Crippen MR) is 71.4 cm³/mol. The van der Waals surface area contributed by atoms with Crippen LogP contribution >= 0.6 is 0 Å². The second-order valence-corrected chi connectivity index (χ2v) is 5.57. The molecule has 1 aliphatic heterocycles. The van der Waals surface area contributed by atoms with Crippen LogP contribution in [-0.4, -0.2) is 36.5 Å². The molecule has 1 aromatic carbocycles. The quantitative estimate of drug-likeness (QED) is 0.900. The Balaban J connectivity index is 1.50. The lowest BCUT2D eigenvalue weighted by Crippen LogP contribution is -2.31. The van der Waals surface area contributed by atoms with E-state index in [0.717, 1.165) is 25.6 Å². The minimum atomic E-state index is -0.453. The molecule has 0 bridgehead atoms. The van der Waals surface area contributed by atoms with Gasteiger partial charge in [-0.3, -0.25) is 4.79 Å². The zero-order chi connectivity index (χ0) is 13.2. The number of likely N-dealkylation sites (tertiary alicyclic amines) is 1. The Kier molecular flexibility index (Phi) is 3.51. The zero-order valence-corrected chi connectivity index (χ0v) is 10.9. The Morgan fingerprint density at radius 1 is 1.32 bits per heavy atom. The van der Waals surface area contributed by atoms with Crippen molar-refractivity contribution in [2.45, 2.75) is 25.3 Å². The number of carbonyl (C=O) groups excluding carboxylic acids is 1. The Labute approximate surface area is 112 Å². The molecular formula is C15H19FN2O. The van der Waals surface area contributed by atoms with Crippen molar-refractivity contribution in [2.24, 2.45) is 5.92 Å². The molecule has 1 amide bonds. The number of carbonyl (C=O) groups is 1. The van der Waals surface area contributed by atoms with Crippen LogP contribution in [0.3, 0.4) is 0 Å². The molecule has 1 atom stereocenters. The first kappa shape index (κ1) is 12.6. The molecule has 0 radical (unpaired) electrons. The summed E-state index contributed by atoms with van der Waals surface area (Å²) in [5, 5.41) is 2.86. The summed E-state index contributed by atoms with van der Waals surface area (Å²) in [7, 11) is 0. The van der Waals surface area contributed by atoms with Crippen LogP contribution in [0.2, 0.25) is 0 Å². The van der Waals surface area contributed by atoms with Gasteiger partial charge in [0, 0.05) is 19.1 Å². The molecule has 1 saturated carbocycles. The van der Waals surface area contributed by atoms with Gasteiger partial charge >= 0.3 is 0 Å². The molecule has 4 heteroatoms. The van der Waals surface area contributed by atoms with Crippen LogP contribution in [-0.2, 0) is 0 Å². The molecule has 1 aliphatic carbocycles. The lowest BCUT2D eigenvalue weighted by Gasteiger charge is -2.15. The van der Waals surface area contributed by atoms with Gasteiger partial charge in [-0.2, -0.15) is 0 Å². The van der Waals surface area contributed by atoms with Gasteiger partial charge in [-0.15, -0.1) is 0 Å². The number of hydrogen-bond acceptors (Lipinski definition) is 2. The van der Waals surface area contributed by atoms with E-state index in [9.17, 15) is 9.18 Å². The number of benzene rings is 1. The molecular weight excluding hydrogens is 243 g/mol. The fourth-order valence-corrected chi connectivity index (χ4v) is 2.78. The molecule has 1 N–H and O–H groups in total. The van der Waals surface area contributed by atoms with Crippen LogP contribution in [0.25, 0.3) is 0 Å². The largest absolute Gasteiger partial charge is 0.352 e. The standard InChI is InChI=1S/C15H19FN2O/c16-14-4-2-1-3-13(14)15(19)17-9-11-7-8-18(10-11)12-5-6-12/h1-4,11-12H,5-10H2,(H,17,19). The summed E-state index contributed by atoms with van der Waals surface area (Å²) in [5.41, 5.74) is 0.138. The van der Waals surface area contributed by atoms with E-state index in [1.807, 2.05) is 0 Å². The third-order valence-electron chi connectivity index (χ3n) is 4.05. The summed E-state index contributed by atoms with van der Waals surface area (Å²) in [4.78, 5) is 14.4. The number of hydrogen-bond donors (Lipinski definition) is 1. The van der Waals surface area contributed by atoms with Crippen LogP contribution in [0.1, 0.15) is 29.6 Å². The summed E-state index contributed by atoms with van der Waals surface area (Å²) in [6.07, 6.45) is 3.79. The molecule has 0 aromatic heterocycles. The van der Waals surface area contributed by atoms with Crippen LogP contribution in [0.15, 0.2) is 24.3 Å². The number of rotatable bonds is 4. The highest BCUT2D eigenvalue weighted by Crippen LogP contribution is 2.31. The number of halogens is 1. The molecule has 0 spiro atoms. The van der Waals surface area contributed by atoms with Gasteiger partial charge in [0.25, 0.3) is 5.91 Å².